The molecule has 27 heavy (non-hydrogen) atoms. The summed E-state index contributed by atoms with van der Waals surface area (Å²) in [6, 6.07) is 15.0. The van der Waals surface area contributed by atoms with Crippen molar-refractivity contribution < 1.29 is 14.3 Å². The Morgan fingerprint density at radius 2 is 1.63 bits per heavy atom. The summed E-state index contributed by atoms with van der Waals surface area (Å²) in [6.07, 6.45) is 5.42. The molecule has 0 aliphatic heterocycles. The molecule has 2 aromatic carbocycles. The lowest BCUT2D eigenvalue weighted by Gasteiger charge is -2.08. The van der Waals surface area contributed by atoms with Crippen molar-refractivity contribution in [2.75, 3.05) is 11.9 Å². The molecule has 1 N–H and O–H groups in total. The molecule has 0 unspecified atom stereocenters. The molecule has 0 saturated heterocycles. The zero-order valence-electron chi connectivity index (χ0n) is 16.3. The summed E-state index contributed by atoms with van der Waals surface area (Å²) in [5, 5.41) is 2.86. The number of hydrogen-bond donors (Lipinski definition) is 1. The van der Waals surface area contributed by atoms with E-state index in [0.29, 0.717) is 30.7 Å². The van der Waals surface area contributed by atoms with Crippen LogP contribution in [0.1, 0.15) is 60.5 Å². The van der Waals surface area contributed by atoms with E-state index in [9.17, 15) is 9.59 Å². The number of anilines is 1. The van der Waals surface area contributed by atoms with Crippen LogP contribution in [-0.4, -0.2) is 18.5 Å². The van der Waals surface area contributed by atoms with Gasteiger partial charge < -0.3 is 10.1 Å². The highest BCUT2D eigenvalue weighted by molar-refractivity contribution is 5.93. The number of unbranched alkanes of at least 4 members (excludes halogenated alkanes) is 3. The van der Waals surface area contributed by atoms with Gasteiger partial charge in [-0.05, 0) is 49.6 Å². The van der Waals surface area contributed by atoms with Crippen molar-refractivity contribution in [3.8, 4) is 0 Å². The molecule has 4 nitrogen and oxygen atoms in total. The maximum absolute atomic E-state index is 12.1. The molecule has 0 atom stereocenters. The van der Waals surface area contributed by atoms with Crippen LogP contribution in [0.2, 0.25) is 0 Å². The third-order valence-electron chi connectivity index (χ3n) is 4.40. The average Bonchev–Trinajstić information content (AvgIpc) is 2.68. The van der Waals surface area contributed by atoms with E-state index in [-0.39, 0.29) is 11.9 Å². The van der Waals surface area contributed by atoms with Crippen molar-refractivity contribution in [3.63, 3.8) is 0 Å². The fourth-order valence-corrected chi connectivity index (χ4v) is 2.70. The number of nitrogens with one attached hydrogen (secondary N) is 1. The maximum atomic E-state index is 12.1. The molecule has 1 amide bonds. The molecule has 0 bridgehead atoms. The quantitative estimate of drug-likeness (QED) is 0.458. The van der Waals surface area contributed by atoms with Crippen LogP contribution in [0.4, 0.5) is 5.69 Å². The number of hydrogen-bond acceptors (Lipinski definition) is 3. The molecule has 4 heteroatoms. The predicted molar refractivity (Wildman–Crippen MR) is 109 cm³/mol. The highest BCUT2D eigenvalue weighted by Gasteiger charge is 2.08. The van der Waals surface area contributed by atoms with Gasteiger partial charge in [-0.25, -0.2) is 4.79 Å². The van der Waals surface area contributed by atoms with Gasteiger partial charge in [-0.2, -0.15) is 0 Å². The first kappa shape index (κ1) is 20.7. The van der Waals surface area contributed by atoms with Crippen LogP contribution in [0.5, 0.6) is 0 Å². The Bertz CT molecular complexity index is 720. The molecular weight excluding hydrogens is 338 g/mol. The molecule has 0 aliphatic rings. The highest BCUT2D eigenvalue weighted by atomic mass is 16.5. The van der Waals surface area contributed by atoms with Crippen LogP contribution in [0.15, 0.2) is 48.5 Å². The fraction of sp³-hybridized carbons (Fsp3) is 0.391. The summed E-state index contributed by atoms with van der Waals surface area (Å²) in [4.78, 5) is 24.1. The molecule has 2 aromatic rings. The number of benzene rings is 2. The zero-order valence-corrected chi connectivity index (χ0v) is 16.3. The van der Waals surface area contributed by atoms with E-state index in [4.69, 9.17) is 4.74 Å². The van der Waals surface area contributed by atoms with Gasteiger partial charge in [-0.3, -0.25) is 4.79 Å². The second-order valence-electron chi connectivity index (χ2n) is 6.81. The number of aryl methyl sites for hydroxylation is 2. The molecule has 144 valence electrons. The van der Waals surface area contributed by atoms with Gasteiger partial charge in [0.1, 0.15) is 0 Å². The Labute approximate surface area is 161 Å². The first-order chi connectivity index (χ1) is 13.1. The Balaban J connectivity index is 1.74. The van der Waals surface area contributed by atoms with Gasteiger partial charge in [-0.1, -0.05) is 56.0 Å². The van der Waals surface area contributed by atoms with E-state index in [0.717, 1.165) is 31.2 Å². The van der Waals surface area contributed by atoms with E-state index in [2.05, 4.69) is 24.4 Å². The summed E-state index contributed by atoms with van der Waals surface area (Å²) < 4.78 is 5.27. The topological polar surface area (TPSA) is 55.4 Å². The first-order valence-electron chi connectivity index (χ1n) is 9.71. The van der Waals surface area contributed by atoms with Gasteiger partial charge in [0.05, 0.1) is 12.2 Å². The summed E-state index contributed by atoms with van der Waals surface area (Å²) >= 11 is 0. The SMILES string of the molecule is CCCCCCOC(=O)c1ccc(NC(=O)CCc2ccc(C)cc2)cc1. The third-order valence-corrected chi connectivity index (χ3v) is 4.40. The molecule has 0 spiro atoms. The van der Waals surface area contributed by atoms with Crippen LogP contribution in [0, 0.1) is 6.92 Å². The van der Waals surface area contributed by atoms with Crippen LogP contribution in [0.25, 0.3) is 0 Å². The monoisotopic (exact) mass is 367 g/mol. The minimum atomic E-state index is -0.316. The van der Waals surface area contributed by atoms with E-state index < -0.39 is 0 Å². The van der Waals surface area contributed by atoms with Crippen molar-refractivity contribution >= 4 is 17.6 Å². The fourth-order valence-electron chi connectivity index (χ4n) is 2.70. The summed E-state index contributed by atoms with van der Waals surface area (Å²) in [7, 11) is 0. The second kappa shape index (κ2) is 11.2. The largest absolute Gasteiger partial charge is 0.462 e. The molecular formula is C23H29NO3. The third kappa shape index (κ3) is 7.65. The van der Waals surface area contributed by atoms with Crippen molar-refractivity contribution in [3.05, 3.63) is 65.2 Å². The van der Waals surface area contributed by atoms with Gasteiger partial charge in [0.25, 0.3) is 0 Å². The summed E-state index contributed by atoms with van der Waals surface area (Å²) in [5.74, 6) is -0.356. The minimum absolute atomic E-state index is 0.0400. The Kier molecular flexibility index (Phi) is 8.56. The van der Waals surface area contributed by atoms with E-state index in [1.165, 1.54) is 5.56 Å². The summed E-state index contributed by atoms with van der Waals surface area (Å²) in [6.45, 7) is 4.65. The van der Waals surface area contributed by atoms with Crippen LogP contribution < -0.4 is 5.32 Å². The summed E-state index contributed by atoms with van der Waals surface area (Å²) in [5.41, 5.74) is 3.54. The van der Waals surface area contributed by atoms with Gasteiger partial charge in [-0.15, -0.1) is 0 Å². The number of carbonyl (C=O) groups excluding carboxylic acids is 2. The van der Waals surface area contributed by atoms with E-state index in [1.807, 2.05) is 19.1 Å². The lowest BCUT2D eigenvalue weighted by molar-refractivity contribution is -0.116. The van der Waals surface area contributed by atoms with Gasteiger partial charge in [0.15, 0.2) is 0 Å². The molecule has 0 radical (unpaired) electrons. The Morgan fingerprint density at radius 3 is 2.30 bits per heavy atom. The lowest BCUT2D eigenvalue weighted by Crippen LogP contribution is -2.12. The predicted octanol–water partition coefficient (Wildman–Crippen LogP) is 5.30. The van der Waals surface area contributed by atoms with Crippen LogP contribution >= 0.6 is 0 Å². The van der Waals surface area contributed by atoms with Crippen molar-refractivity contribution in [1.29, 1.82) is 0 Å². The molecule has 0 fully saturated rings. The standard InChI is InChI=1S/C23H29NO3/c1-3-4-5-6-17-27-23(26)20-12-14-21(15-13-20)24-22(25)16-11-19-9-7-18(2)8-10-19/h7-10,12-15H,3-6,11,16-17H2,1-2H3,(H,24,25). The minimum Gasteiger partial charge on any atom is -0.462 e. The Morgan fingerprint density at radius 1 is 0.926 bits per heavy atom. The zero-order chi connectivity index (χ0) is 19.5. The normalized spacial score (nSPS) is 10.4. The maximum Gasteiger partial charge on any atom is 0.338 e. The van der Waals surface area contributed by atoms with Crippen molar-refractivity contribution in [1.82, 2.24) is 0 Å². The molecule has 2 rings (SSSR count). The molecule has 0 saturated carbocycles. The van der Waals surface area contributed by atoms with Crippen LogP contribution in [0.3, 0.4) is 0 Å². The van der Waals surface area contributed by atoms with Crippen molar-refractivity contribution in [2.24, 2.45) is 0 Å². The van der Waals surface area contributed by atoms with E-state index in [1.54, 1.807) is 24.3 Å². The number of carbonyl (C=O) groups is 2. The molecule has 0 aromatic heterocycles. The number of ether oxygens (including phenoxy) is 1. The highest BCUT2D eigenvalue weighted by Crippen LogP contribution is 2.12. The molecule has 0 heterocycles. The first-order valence-corrected chi connectivity index (χ1v) is 9.71. The van der Waals surface area contributed by atoms with Gasteiger partial charge >= 0.3 is 5.97 Å². The number of esters is 1. The van der Waals surface area contributed by atoms with Crippen molar-refractivity contribution in [2.45, 2.75) is 52.4 Å². The second-order valence-corrected chi connectivity index (χ2v) is 6.81. The van der Waals surface area contributed by atoms with Gasteiger partial charge in [0, 0.05) is 12.1 Å². The van der Waals surface area contributed by atoms with Gasteiger partial charge in [0.2, 0.25) is 5.91 Å². The number of rotatable bonds is 10. The number of amides is 1. The Hall–Kier alpha value is -2.62. The average molecular weight is 367 g/mol. The lowest BCUT2D eigenvalue weighted by atomic mass is 10.1. The van der Waals surface area contributed by atoms with E-state index >= 15 is 0 Å². The molecule has 0 aliphatic carbocycles. The van der Waals surface area contributed by atoms with Crippen LogP contribution in [-0.2, 0) is 16.0 Å². The smallest absolute Gasteiger partial charge is 0.338 e.